The molecule has 1 aliphatic carbocycles. The van der Waals surface area contributed by atoms with Crippen LogP contribution < -0.4 is 5.32 Å². The molecule has 0 spiro atoms. The minimum atomic E-state index is 0.0241. The van der Waals surface area contributed by atoms with E-state index >= 15 is 0 Å². The SMILES string of the molecule is CC(C)N(Cc1ccccc1)C(=O)NCC1(c2ccccc2)CC1. The number of amides is 2. The molecule has 0 bridgehead atoms. The van der Waals surface area contributed by atoms with Crippen molar-refractivity contribution < 1.29 is 4.79 Å². The van der Waals surface area contributed by atoms with Crippen LogP contribution in [0.15, 0.2) is 60.7 Å². The highest BCUT2D eigenvalue weighted by Crippen LogP contribution is 2.47. The minimum Gasteiger partial charge on any atom is -0.337 e. The highest BCUT2D eigenvalue weighted by molar-refractivity contribution is 5.74. The lowest BCUT2D eigenvalue weighted by Crippen LogP contribution is -2.45. The summed E-state index contributed by atoms with van der Waals surface area (Å²) in [6, 6.07) is 20.9. The summed E-state index contributed by atoms with van der Waals surface area (Å²) in [7, 11) is 0. The molecule has 0 saturated heterocycles. The summed E-state index contributed by atoms with van der Waals surface area (Å²) >= 11 is 0. The third-order valence-corrected chi connectivity index (χ3v) is 4.90. The maximum absolute atomic E-state index is 12.7. The maximum atomic E-state index is 12.7. The Bertz CT molecular complexity index is 663. The predicted octanol–water partition coefficient (Wildman–Crippen LogP) is 4.34. The molecule has 0 atom stereocenters. The largest absolute Gasteiger partial charge is 0.337 e. The molecule has 1 N–H and O–H groups in total. The van der Waals surface area contributed by atoms with Crippen molar-refractivity contribution in [3.63, 3.8) is 0 Å². The average molecular weight is 322 g/mol. The zero-order chi connectivity index (χ0) is 17.0. The van der Waals surface area contributed by atoms with E-state index in [-0.39, 0.29) is 17.5 Å². The van der Waals surface area contributed by atoms with Gasteiger partial charge in [-0.25, -0.2) is 4.79 Å². The molecule has 3 heteroatoms. The molecule has 1 fully saturated rings. The van der Waals surface area contributed by atoms with Crippen LogP contribution in [0, 0.1) is 0 Å². The second-order valence-electron chi connectivity index (χ2n) is 7.01. The van der Waals surface area contributed by atoms with Gasteiger partial charge in [0.05, 0.1) is 0 Å². The molecule has 1 aliphatic rings. The molecular weight excluding hydrogens is 296 g/mol. The first kappa shape index (κ1) is 16.6. The van der Waals surface area contributed by atoms with E-state index in [0.29, 0.717) is 13.1 Å². The Morgan fingerprint density at radius 2 is 1.62 bits per heavy atom. The molecule has 3 nitrogen and oxygen atoms in total. The van der Waals surface area contributed by atoms with Crippen molar-refractivity contribution in [2.75, 3.05) is 6.54 Å². The van der Waals surface area contributed by atoms with Crippen molar-refractivity contribution >= 4 is 6.03 Å². The molecule has 24 heavy (non-hydrogen) atoms. The summed E-state index contributed by atoms with van der Waals surface area (Å²) in [4.78, 5) is 14.6. The Morgan fingerprint density at radius 1 is 1.04 bits per heavy atom. The maximum Gasteiger partial charge on any atom is 0.317 e. The van der Waals surface area contributed by atoms with Crippen LogP contribution in [0.25, 0.3) is 0 Å². The summed E-state index contributed by atoms with van der Waals surface area (Å²) in [5, 5.41) is 3.17. The Morgan fingerprint density at radius 3 is 2.17 bits per heavy atom. The number of nitrogens with zero attached hydrogens (tertiary/aromatic N) is 1. The fraction of sp³-hybridized carbons (Fsp3) is 0.381. The van der Waals surface area contributed by atoms with Gasteiger partial charge in [-0.15, -0.1) is 0 Å². The van der Waals surface area contributed by atoms with Crippen molar-refractivity contribution in [3.05, 3.63) is 71.8 Å². The first-order valence-corrected chi connectivity index (χ1v) is 8.75. The Balaban J connectivity index is 1.62. The van der Waals surface area contributed by atoms with E-state index in [1.54, 1.807) is 0 Å². The number of hydrogen-bond donors (Lipinski definition) is 1. The van der Waals surface area contributed by atoms with Crippen LogP contribution in [0.3, 0.4) is 0 Å². The molecular formula is C21H26N2O. The first-order valence-electron chi connectivity index (χ1n) is 8.75. The van der Waals surface area contributed by atoms with E-state index < -0.39 is 0 Å². The predicted molar refractivity (Wildman–Crippen MR) is 97.9 cm³/mol. The van der Waals surface area contributed by atoms with Crippen LogP contribution >= 0.6 is 0 Å². The van der Waals surface area contributed by atoms with Crippen LogP contribution in [0.5, 0.6) is 0 Å². The van der Waals surface area contributed by atoms with E-state index in [4.69, 9.17) is 0 Å². The molecule has 0 radical (unpaired) electrons. The lowest BCUT2D eigenvalue weighted by atomic mass is 9.96. The Kier molecular flexibility index (Phi) is 4.89. The second kappa shape index (κ2) is 7.08. The quantitative estimate of drug-likeness (QED) is 0.843. The number of nitrogens with one attached hydrogen (secondary N) is 1. The van der Waals surface area contributed by atoms with Gasteiger partial charge in [-0.2, -0.15) is 0 Å². The number of carbonyl (C=O) groups excluding carboxylic acids is 1. The van der Waals surface area contributed by atoms with Gasteiger partial charge in [0.1, 0.15) is 0 Å². The monoisotopic (exact) mass is 322 g/mol. The second-order valence-corrected chi connectivity index (χ2v) is 7.01. The van der Waals surface area contributed by atoms with Gasteiger partial charge in [-0.05, 0) is 37.8 Å². The molecule has 3 rings (SSSR count). The van der Waals surface area contributed by atoms with Gasteiger partial charge < -0.3 is 10.2 Å². The summed E-state index contributed by atoms with van der Waals surface area (Å²) < 4.78 is 0. The van der Waals surface area contributed by atoms with E-state index in [9.17, 15) is 4.79 Å². The zero-order valence-corrected chi connectivity index (χ0v) is 14.5. The molecule has 2 aromatic rings. The fourth-order valence-electron chi connectivity index (χ4n) is 3.13. The Hall–Kier alpha value is -2.29. The molecule has 0 unspecified atom stereocenters. The van der Waals surface area contributed by atoms with Crippen LogP contribution in [-0.4, -0.2) is 23.5 Å². The normalized spacial score (nSPS) is 15.1. The fourth-order valence-corrected chi connectivity index (χ4v) is 3.13. The van der Waals surface area contributed by atoms with E-state index in [0.717, 1.165) is 18.4 Å². The molecule has 126 valence electrons. The number of rotatable bonds is 6. The van der Waals surface area contributed by atoms with Gasteiger partial charge in [-0.3, -0.25) is 0 Å². The molecule has 0 aliphatic heterocycles. The summed E-state index contributed by atoms with van der Waals surface area (Å²) in [6.45, 7) is 5.48. The third-order valence-electron chi connectivity index (χ3n) is 4.90. The number of hydrogen-bond acceptors (Lipinski definition) is 1. The van der Waals surface area contributed by atoms with Gasteiger partial charge >= 0.3 is 6.03 Å². The van der Waals surface area contributed by atoms with Gasteiger partial charge in [0.25, 0.3) is 0 Å². The number of urea groups is 1. The number of benzene rings is 2. The van der Waals surface area contributed by atoms with Gasteiger partial charge in [0.15, 0.2) is 0 Å². The summed E-state index contributed by atoms with van der Waals surface area (Å²) in [6.07, 6.45) is 2.30. The summed E-state index contributed by atoms with van der Waals surface area (Å²) in [5.74, 6) is 0. The van der Waals surface area contributed by atoms with Crippen LogP contribution in [-0.2, 0) is 12.0 Å². The van der Waals surface area contributed by atoms with E-state index in [1.807, 2.05) is 29.2 Å². The first-order chi connectivity index (χ1) is 11.6. The van der Waals surface area contributed by atoms with E-state index in [2.05, 4.69) is 55.6 Å². The van der Waals surface area contributed by atoms with Crippen molar-refractivity contribution in [2.24, 2.45) is 0 Å². The molecule has 0 aromatic heterocycles. The highest BCUT2D eigenvalue weighted by Gasteiger charge is 2.44. The van der Waals surface area contributed by atoms with Crippen LogP contribution in [0.1, 0.15) is 37.8 Å². The molecule has 2 aromatic carbocycles. The highest BCUT2D eigenvalue weighted by atomic mass is 16.2. The third kappa shape index (κ3) is 3.78. The van der Waals surface area contributed by atoms with Crippen molar-refractivity contribution in [1.29, 1.82) is 0 Å². The van der Waals surface area contributed by atoms with Crippen molar-refractivity contribution in [1.82, 2.24) is 10.2 Å². The number of carbonyl (C=O) groups is 1. The molecule has 2 amide bonds. The van der Waals surface area contributed by atoms with Crippen molar-refractivity contribution in [3.8, 4) is 0 Å². The smallest absolute Gasteiger partial charge is 0.317 e. The Labute approximate surface area is 144 Å². The van der Waals surface area contributed by atoms with E-state index in [1.165, 1.54) is 5.56 Å². The molecule has 1 saturated carbocycles. The average Bonchev–Trinajstić information content (AvgIpc) is 3.40. The zero-order valence-electron chi connectivity index (χ0n) is 14.5. The van der Waals surface area contributed by atoms with Gasteiger partial charge in [0, 0.05) is 24.5 Å². The van der Waals surface area contributed by atoms with Crippen molar-refractivity contribution in [2.45, 2.75) is 44.7 Å². The van der Waals surface area contributed by atoms with Crippen LogP contribution in [0.2, 0.25) is 0 Å². The summed E-state index contributed by atoms with van der Waals surface area (Å²) in [5.41, 5.74) is 2.64. The van der Waals surface area contributed by atoms with Gasteiger partial charge in [0.2, 0.25) is 0 Å². The van der Waals surface area contributed by atoms with Gasteiger partial charge in [-0.1, -0.05) is 60.7 Å². The minimum absolute atomic E-state index is 0.0241. The van der Waals surface area contributed by atoms with Crippen LogP contribution in [0.4, 0.5) is 4.79 Å². The standard InChI is InChI=1S/C21H26N2O/c1-17(2)23(15-18-9-5-3-6-10-18)20(24)22-16-21(13-14-21)19-11-7-4-8-12-19/h3-12,17H,13-16H2,1-2H3,(H,22,24). The topological polar surface area (TPSA) is 32.3 Å². The lowest BCUT2D eigenvalue weighted by molar-refractivity contribution is 0.179. The lowest BCUT2D eigenvalue weighted by Gasteiger charge is -2.28. The molecule has 0 heterocycles.